The van der Waals surface area contributed by atoms with E-state index in [9.17, 15) is 9.59 Å². The van der Waals surface area contributed by atoms with Gasteiger partial charge in [-0.2, -0.15) is 0 Å². The zero-order chi connectivity index (χ0) is 14.4. The third-order valence-electron chi connectivity index (χ3n) is 2.69. The van der Waals surface area contributed by atoms with Gasteiger partial charge in [0.15, 0.2) is 0 Å². The van der Waals surface area contributed by atoms with Gasteiger partial charge in [-0.3, -0.25) is 4.79 Å². The van der Waals surface area contributed by atoms with Crippen LogP contribution in [0, 0.1) is 13.8 Å². The summed E-state index contributed by atoms with van der Waals surface area (Å²) in [7, 11) is 0. The lowest BCUT2D eigenvalue weighted by molar-refractivity contribution is -0.139. The SMILES string of the molecule is C/C=C/CC(NC(=O)c1cc(C)cc(C)c1)C(=O)O. The molecule has 1 aromatic carbocycles. The highest BCUT2D eigenvalue weighted by molar-refractivity contribution is 5.96. The summed E-state index contributed by atoms with van der Waals surface area (Å²) in [5, 5.41) is 11.6. The lowest BCUT2D eigenvalue weighted by Gasteiger charge is -2.13. The van der Waals surface area contributed by atoms with Crippen LogP contribution in [0.2, 0.25) is 0 Å². The van der Waals surface area contributed by atoms with Crippen LogP contribution in [-0.4, -0.2) is 23.0 Å². The molecule has 1 rings (SSSR count). The molecule has 0 aliphatic rings. The number of rotatable bonds is 5. The number of carbonyl (C=O) groups is 2. The van der Waals surface area contributed by atoms with E-state index >= 15 is 0 Å². The first-order chi connectivity index (χ1) is 8.93. The molecule has 19 heavy (non-hydrogen) atoms. The Bertz CT molecular complexity index is 486. The third kappa shape index (κ3) is 4.58. The lowest BCUT2D eigenvalue weighted by Crippen LogP contribution is -2.40. The van der Waals surface area contributed by atoms with E-state index in [2.05, 4.69) is 5.32 Å². The number of aryl methyl sites for hydroxylation is 2. The van der Waals surface area contributed by atoms with E-state index in [-0.39, 0.29) is 12.3 Å². The van der Waals surface area contributed by atoms with Crippen molar-refractivity contribution in [2.45, 2.75) is 33.2 Å². The normalized spacial score (nSPS) is 12.4. The summed E-state index contributed by atoms with van der Waals surface area (Å²) in [6.45, 7) is 5.61. The standard InChI is InChI=1S/C15H19NO3/c1-4-5-6-13(15(18)19)16-14(17)12-8-10(2)7-11(3)9-12/h4-5,7-9,13H,6H2,1-3H3,(H,16,17)(H,18,19)/b5-4+. The fraction of sp³-hybridized carbons (Fsp3) is 0.333. The first-order valence-electron chi connectivity index (χ1n) is 6.17. The molecule has 0 heterocycles. The van der Waals surface area contributed by atoms with Gasteiger partial charge < -0.3 is 10.4 Å². The monoisotopic (exact) mass is 261 g/mol. The van der Waals surface area contributed by atoms with Crippen molar-refractivity contribution < 1.29 is 14.7 Å². The molecule has 0 aliphatic carbocycles. The second-order valence-electron chi connectivity index (χ2n) is 4.55. The fourth-order valence-corrected chi connectivity index (χ4v) is 1.84. The topological polar surface area (TPSA) is 66.4 Å². The second-order valence-corrected chi connectivity index (χ2v) is 4.55. The van der Waals surface area contributed by atoms with Crippen molar-refractivity contribution in [3.8, 4) is 0 Å². The number of amides is 1. The van der Waals surface area contributed by atoms with Gasteiger partial charge in [0.2, 0.25) is 0 Å². The zero-order valence-electron chi connectivity index (χ0n) is 11.4. The molecule has 0 spiro atoms. The molecule has 0 aliphatic heterocycles. The third-order valence-corrected chi connectivity index (χ3v) is 2.69. The number of carboxylic acids is 1. The lowest BCUT2D eigenvalue weighted by atomic mass is 10.1. The minimum absolute atomic E-state index is 0.280. The minimum atomic E-state index is -1.03. The highest BCUT2D eigenvalue weighted by Crippen LogP contribution is 2.09. The molecule has 0 radical (unpaired) electrons. The fourth-order valence-electron chi connectivity index (χ4n) is 1.84. The first kappa shape index (κ1) is 15.0. The Kier molecular flexibility index (Phi) is 5.30. The Morgan fingerprint density at radius 2 is 1.84 bits per heavy atom. The van der Waals surface area contributed by atoms with E-state index in [1.807, 2.05) is 26.8 Å². The van der Waals surface area contributed by atoms with Gasteiger partial charge in [-0.25, -0.2) is 4.79 Å². The highest BCUT2D eigenvalue weighted by atomic mass is 16.4. The first-order valence-corrected chi connectivity index (χ1v) is 6.17. The largest absolute Gasteiger partial charge is 0.480 e. The smallest absolute Gasteiger partial charge is 0.326 e. The van der Waals surface area contributed by atoms with Gasteiger partial charge in [0.25, 0.3) is 5.91 Å². The van der Waals surface area contributed by atoms with Gasteiger partial charge >= 0.3 is 5.97 Å². The van der Waals surface area contributed by atoms with Crippen molar-refractivity contribution in [1.29, 1.82) is 0 Å². The Morgan fingerprint density at radius 3 is 2.32 bits per heavy atom. The summed E-state index contributed by atoms with van der Waals surface area (Å²) in [6.07, 6.45) is 3.77. The van der Waals surface area contributed by atoms with Gasteiger partial charge in [0.1, 0.15) is 6.04 Å². The van der Waals surface area contributed by atoms with Crippen LogP contribution in [-0.2, 0) is 4.79 Å². The number of carboxylic acid groups (broad SMARTS) is 1. The molecule has 0 bridgehead atoms. The molecule has 0 fully saturated rings. The molecule has 1 amide bonds. The molecule has 1 aromatic rings. The van der Waals surface area contributed by atoms with E-state index in [4.69, 9.17) is 5.11 Å². The van der Waals surface area contributed by atoms with Crippen LogP contribution < -0.4 is 5.32 Å². The summed E-state index contributed by atoms with van der Waals surface area (Å²) < 4.78 is 0. The van der Waals surface area contributed by atoms with Crippen LogP contribution in [0.25, 0.3) is 0 Å². The van der Waals surface area contributed by atoms with Gasteiger partial charge in [-0.05, 0) is 39.3 Å². The Hall–Kier alpha value is -2.10. The van der Waals surface area contributed by atoms with Crippen LogP contribution in [0.1, 0.15) is 34.8 Å². The van der Waals surface area contributed by atoms with Gasteiger partial charge in [0, 0.05) is 5.56 Å². The van der Waals surface area contributed by atoms with Crippen molar-refractivity contribution in [3.05, 3.63) is 47.0 Å². The number of benzene rings is 1. The Morgan fingerprint density at radius 1 is 1.26 bits per heavy atom. The maximum atomic E-state index is 12.0. The van der Waals surface area contributed by atoms with Crippen molar-refractivity contribution >= 4 is 11.9 Å². The van der Waals surface area contributed by atoms with E-state index in [1.165, 1.54) is 0 Å². The molecule has 0 aromatic heterocycles. The Balaban J connectivity index is 2.84. The highest BCUT2D eigenvalue weighted by Gasteiger charge is 2.19. The molecule has 1 unspecified atom stereocenters. The molecule has 4 nitrogen and oxygen atoms in total. The molecular weight excluding hydrogens is 242 g/mol. The molecular formula is C15H19NO3. The maximum absolute atomic E-state index is 12.0. The molecule has 1 atom stereocenters. The van der Waals surface area contributed by atoms with Crippen LogP contribution in [0.15, 0.2) is 30.4 Å². The number of nitrogens with one attached hydrogen (secondary N) is 1. The van der Waals surface area contributed by atoms with Crippen LogP contribution in [0.4, 0.5) is 0 Å². The van der Waals surface area contributed by atoms with Crippen molar-refractivity contribution in [1.82, 2.24) is 5.32 Å². The number of carbonyl (C=O) groups excluding carboxylic acids is 1. The van der Waals surface area contributed by atoms with Gasteiger partial charge in [0.05, 0.1) is 0 Å². The molecule has 2 N–H and O–H groups in total. The average Bonchev–Trinajstić information content (AvgIpc) is 2.32. The molecule has 102 valence electrons. The minimum Gasteiger partial charge on any atom is -0.480 e. The number of allylic oxidation sites excluding steroid dienone is 1. The summed E-state index contributed by atoms with van der Waals surface area (Å²) >= 11 is 0. The van der Waals surface area contributed by atoms with Crippen LogP contribution in [0.3, 0.4) is 0 Å². The number of hydrogen-bond acceptors (Lipinski definition) is 2. The summed E-state index contributed by atoms with van der Waals surface area (Å²) in [5.41, 5.74) is 2.44. The maximum Gasteiger partial charge on any atom is 0.326 e. The van der Waals surface area contributed by atoms with Crippen molar-refractivity contribution in [3.63, 3.8) is 0 Å². The van der Waals surface area contributed by atoms with E-state index in [0.717, 1.165) is 11.1 Å². The van der Waals surface area contributed by atoms with E-state index < -0.39 is 12.0 Å². The average molecular weight is 261 g/mol. The van der Waals surface area contributed by atoms with Crippen molar-refractivity contribution in [2.24, 2.45) is 0 Å². The number of aliphatic carboxylic acids is 1. The summed E-state index contributed by atoms with van der Waals surface area (Å²) in [6, 6.07) is 4.56. The Labute approximate surface area is 113 Å². The second kappa shape index (κ2) is 6.73. The van der Waals surface area contributed by atoms with Crippen LogP contribution >= 0.6 is 0 Å². The summed E-state index contributed by atoms with van der Waals surface area (Å²) in [4.78, 5) is 23.1. The van der Waals surface area contributed by atoms with E-state index in [1.54, 1.807) is 24.3 Å². The predicted octanol–water partition coefficient (Wildman–Crippen LogP) is 2.45. The van der Waals surface area contributed by atoms with Gasteiger partial charge in [-0.15, -0.1) is 0 Å². The van der Waals surface area contributed by atoms with Crippen LogP contribution in [0.5, 0.6) is 0 Å². The van der Waals surface area contributed by atoms with Gasteiger partial charge in [-0.1, -0.05) is 29.3 Å². The molecule has 0 saturated heterocycles. The number of hydrogen-bond donors (Lipinski definition) is 2. The molecule has 0 saturated carbocycles. The predicted molar refractivity (Wildman–Crippen MR) is 74.2 cm³/mol. The summed E-state index contributed by atoms with van der Waals surface area (Å²) in [5.74, 6) is -1.39. The molecule has 4 heteroatoms. The van der Waals surface area contributed by atoms with E-state index in [0.29, 0.717) is 5.56 Å². The zero-order valence-corrected chi connectivity index (χ0v) is 11.4. The quantitative estimate of drug-likeness (QED) is 0.800. The van der Waals surface area contributed by atoms with Crippen molar-refractivity contribution in [2.75, 3.05) is 0 Å².